The van der Waals surface area contributed by atoms with Gasteiger partial charge in [-0.3, -0.25) is 14.5 Å². The van der Waals surface area contributed by atoms with E-state index in [4.69, 9.17) is 14.2 Å². The molecule has 4 rings (SSSR count). The van der Waals surface area contributed by atoms with Crippen LogP contribution in [0.25, 0.3) is 0 Å². The van der Waals surface area contributed by atoms with Gasteiger partial charge in [-0.25, -0.2) is 4.79 Å². The second-order valence-electron chi connectivity index (χ2n) is 8.80. The van der Waals surface area contributed by atoms with E-state index in [1.54, 1.807) is 29.2 Å². The molecule has 1 amide bonds. The van der Waals surface area contributed by atoms with Gasteiger partial charge in [-0.15, -0.1) is 0 Å². The van der Waals surface area contributed by atoms with Crippen molar-refractivity contribution >= 4 is 17.7 Å². The van der Waals surface area contributed by atoms with Crippen molar-refractivity contribution in [1.29, 1.82) is 0 Å². The number of piperidine rings is 1. The Kier molecular flexibility index (Phi) is 8.30. The zero-order valence-electron chi connectivity index (χ0n) is 19.0. The lowest BCUT2D eigenvalue weighted by atomic mass is 10.0. The van der Waals surface area contributed by atoms with E-state index < -0.39 is 5.97 Å². The number of nitrogens with one attached hydrogen (secondary N) is 1. The Bertz CT molecular complexity index is 818. The third-order valence-electron chi connectivity index (χ3n) is 6.51. The van der Waals surface area contributed by atoms with E-state index in [-0.39, 0.29) is 30.9 Å². The number of carbonyl (C=O) groups excluding carboxylic acids is 3. The van der Waals surface area contributed by atoms with E-state index in [0.29, 0.717) is 56.5 Å². The van der Waals surface area contributed by atoms with E-state index >= 15 is 0 Å². The fourth-order valence-corrected chi connectivity index (χ4v) is 4.54. The average molecular weight is 460 g/mol. The minimum absolute atomic E-state index is 0.0103. The van der Waals surface area contributed by atoms with E-state index in [1.165, 1.54) is 0 Å². The number of hydrogen-bond acceptors (Lipinski definition) is 8. The van der Waals surface area contributed by atoms with Gasteiger partial charge in [-0.1, -0.05) is 0 Å². The summed E-state index contributed by atoms with van der Waals surface area (Å²) in [5.74, 6) is -0.0217. The zero-order valence-corrected chi connectivity index (χ0v) is 19.0. The van der Waals surface area contributed by atoms with Crippen molar-refractivity contribution in [3.63, 3.8) is 0 Å². The second kappa shape index (κ2) is 11.6. The number of esters is 1. The first-order valence-electron chi connectivity index (χ1n) is 11.8. The summed E-state index contributed by atoms with van der Waals surface area (Å²) in [6, 6.07) is 7.10. The fraction of sp³-hybridized carbons (Fsp3) is 0.625. The third kappa shape index (κ3) is 6.75. The number of amides is 1. The van der Waals surface area contributed by atoms with Gasteiger partial charge in [0.2, 0.25) is 5.91 Å². The van der Waals surface area contributed by atoms with Crippen molar-refractivity contribution in [3.8, 4) is 5.75 Å². The molecule has 0 spiro atoms. The minimum Gasteiger partial charge on any atom is -0.482 e. The standard InChI is InChI=1S/C24H33N3O6/c28-22(15-27-12-11-26(16-23(27)29)19-5-9-25-10-6-19)18-1-3-20(4-2-18)32-17-24(30)33-21-7-13-31-14-8-21/h1-4,19,21,25H,5-17H2. The monoisotopic (exact) mass is 459 g/mol. The Morgan fingerprint density at radius 2 is 1.76 bits per heavy atom. The molecule has 0 unspecified atom stereocenters. The normalized spacial score (nSPS) is 21.1. The van der Waals surface area contributed by atoms with Gasteiger partial charge in [0.1, 0.15) is 11.9 Å². The summed E-state index contributed by atoms with van der Waals surface area (Å²) < 4.78 is 16.1. The quantitative estimate of drug-likeness (QED) is 0.452. The van der Waals surface area contributed by atoms with E-state index in [9.17, 15) is 14.4 Å². The molecule has 0 atom stereocenters. The van der Waals surface area contributed by atoms with Crippen LogP contribution in [0.1, 0.15) is 36.0 Å². The first kappa shape index (κ1) is 23.7. The predicted molar refractivity (Wildman–Crippen MR) is 120 cm³/mol. The van der Waals surface area contributed by atoms with E-state index in [2.05, 4.69) is 10.2 Å². The Hall–Kier alpha value is -2.49. The van der Waals surface area contributed by atoms with Crippen LogP contribution in [-0.2, 0) is 19.1 Å². The molecule has 3 aliphatic heterocycles. The van der Waals surface area contributed by atoms with Gasteiger partial charge < -0.3 is 24.4 Å². The molecule has 0 saturated carbocycles. The molecule has 1 aromatic rings. The van der Waals surface area contributed by atoms with E-state index in [1.807, 2.05) is 0 Å². The highest BCUT2D eigenvalue weighted by Gasteiger charge is 2.30. The summed E-state index contributed by atoms with van der Waals surface area (Å²) in [6.45, 7) is 4.86. The van der Waals surface area contributed by atoms with Crippen LogP contribution in [-0.4, -0.2) is 98.7 Å². The summed E-state index contributed by atoms with van der Waals surface area (Å²) in [7, 11) is 0. The summed E-state index contributed by atoms with van der Waals surface area (Å²) in [5.41, 5.74) is 0.515. The number of piperazine rings is 1. The first-order valence-corrected chi connectivity index (χ1v) is 11.8. The molecule has 1 aromatic carbocycles. The second-order valence-corrected chi connectivity index (χ2v) is 8.80. The number of rotatable bonds is 8. The molecular weight excluding hydrogens is 426 g/mol. The lowest BCUT2D eigenvalue weighted by Gasteiger charge is -2.40. The fourth-order valence-electron chi connectivity index (χ4n) is 4.54. The Morgan fingerprint density at radius 1 is 1.03 bits per heavy atom. The Labute approximate surface area is 194 Å². The molecule has 33 heavy (non-hydrogen) atoms. The first-order chi connectivity index (χ1) is 16.1. The third-order valence-corrected chi connectivity index (χ3v) is 6.51. The minimum atomic E-state index is -0.413. The molecule has 9 nitrogen and oxygen atoms in total. The van der Waals surface area contributed by atoms with Crippen LogP contribution in [0.2, 0.25) is 0 Å². The maximum atomic E-state index is 12.7. The Balaban J connectivity index is 1.20. The van der Waals surface area contributed by atoms with Crippen molar-refractivity contribution in [1.82, 2.24) is 15.1 Å². The highest BCUT2D eigenvalue weighted by Crippen LogP contribution is 2.17. The molecule has 0 radical (unpaired) electrons. The van der Waals surface area contributed by atoms with Crippen LogP contribution < -0.4 is 10.1 Å². The van der Waals surface area contributed by atoms with Crippen LogP contribution >= 0.6 is 0 Å². The van der Waals surface area contributed by atoms with Crippen LogP contribution in [0.15, 0.2) is 24.3 Å². The molecule has 1 N–H and O–H groups in total. The van der Waals surface area contributed by atoms with Crippen molar-refractivity contribution in [2.45, 2.75) is 37.8 Å². The summed E-state index contributed by atoms with van der Waals surface area (Å²) in [5, 5.41) is 3.35. The molecule has 0 aliphatic carbocycles. The van der Waals surface area contributed by atoms with Gasteiger partial charge in [0.05, 0.1) is 26.3 Å². The summed E-state index contributed by atoms with van der Waals surface area (Å²) >= 11 is 0. The van der Waals surface area contributed by atoms with Crippen molar-refractivity contribution in [2.75, 3.05) is 59.1 Å². The Morgan fingerprint density at radius 3 is 2.45 bits per heavy atom. The molecular formula is C24H33N3O6. The number of nitrogens with zero attached hydrogens (tertiary/aromatic N) is 2. The molecule has 9 heteroatoms. The maximum absolute atomic E-state index is 12.7. The van der Waals surface area contributed by atoms with E-state index in [0.717, 1.165) is 32.5 Å². The molecule has 3 saturated heterocycles. The zero-order chi connectivity index (χ0) is 23.0. The molecule has 3 heterocycles. The number of carbonyl (C=O) groups is 3. The molecule has 0 bridgehead atoms. The summed E-state index contributed by atoms with van der Waals surface area (Å²) in [6.07, 6.45) is 3.43. The number of Topliss-reactive ketones (excluding diaryl/α,β-unsaturated/α-hetero) is 1. The molecule has 3 aliphatic rings. The van der Waals surface area contributed by atoms with Crippen molar-refractivity contribution in [2.24, 2.45) is 0 Å². The topological polar surface area (TPSA) is 97.4 Å². The van der Waals surface area contributed by atoms with Crippen LogP contribution in [0.5, 0.6) is 5.75 Å². The van der Waals surface area contributed by atoms with Gasteiger partial charge >= 0.3 is 5.97 Å². The van der Waals surface area contributed by atoms with Crippen molar-refractivity contribution < 1.29 is 28.6 Å². The van der Waals surface area contributed by atoms with Gasteiger partial charge in [0.15, 0.2) is 12.4 Å². The predicted octanol–water partition coefficient (Wildman–Crippen LogP) is 0.867. The van der Waals surface area contributed by atoms with Crippen LogP contribution in [0.4, 0.5) is 0 Å². The SMILES string of the molecule is O=C(COc1ccc(C(=O)CN2CCN(C3CCNCC3)CC2=O)cc1)OC1CCOCC1. The number of hydrogen-bond donors (Lipinski definition) is 1. The molecule has 3 fully saturated rings. The van der Waals surface area contributed by atoms with Crippen molar-refractivity contribution in [3.05, 3.63) is 29.8 Å². The smallest absolute Gasteiger partial charge is 0.344 e. The van der Waals surface area contributed by atoms with Crippen LogP contribution in [0, 0.1) is 0 Å². The van der Waals surface area contributed by atoms with Crippen LogP contribution in [0.3, 0.4) is 0 Å². The highest BCUT2D eigenvalue weighted by molar-refractivity contribution is 5.99. The van der Waals surface area contributed by atoms with Gasteiger partial charge in [-0.2, -0.15) is 0 Å². The lowest BCUT2D eigenvalue weighted by molar-refractivity contribution is -0.155. The summed E-state index contributed by atoms with van der Waals surface area (Å²) in [4.78, 5) is 41.2. The average Bonchev–Trinajstić information content (AvgIpc) is 2.85. The number of ketones is 1. The molecule has 180 valence electrons. The number of ether oxygens (including phenoxy) is 3. The lowest BCUT2D eigenvalue weighted by Crippen LogP contribution is -2.56. The van der Waals surface area contributed by atoms with Gasteiger partial charge in [0, 0.05) is 37.5 Å². The maximum Gasteiger partial charge on any atom is 0.344 e. The number of benzene rings is 1. The largest absolute Gasteiger partial charge is 0.482 e. The molecule has 0 aromatic heterocycles. The van der Waals surface area contributed by atoms with Gasteiger partial charge in [0.25, 0.3) is 0 Å². The van der Waals surface area contributed by atoms with Gasteiger partial charge in [-0.05, 0) is 50.2 Å². The highest BCUT2D eigenvalue weighted by atomic mass is 16.6.